The summed E-state index contributed by atoms with van der Waals surface area (Å²) in [6.45, 7) is 0.566. The molecule has 1 fully saturated rings. The van der Waals surface area contributed by atoms with Crippen LogP contribution in [0.4, 0.5) is 23.2 Å². The summed E-state index contributed by atoms with van der Waals surface area (Å²) in [6.07, 6.45) is -0.870. The minimum atomic E-state index is -4.52. The van der Waals surface area contributed by atoms with Crippen LogP contribution in [0.25, 0.3) is 0 Å². The first-order valence-electron chi connectivity index (χ1n) is 6.63. The monoisotopic (exact) mass is 309 g/mol. The third-order valence-corrected chi connectivity index (χ3v) is 3.90. The molecule has 0 saturated heterocycles. The Morgan fingerprint density at radius 2 is 1.95 bits per heavy atom. The van der Waals surface area contributed by atoms with Crippen molar-refractivity contribution >= 4 is 17.3 Å². The summed E-state index contributed by atoms with van der Waals surface area (Å²) in [5.41, 5.74) is -0.711. The molecule has 0 spiro atoms. The van der Waals surface area contributed by atoms with E-state index in [-0.39, 0.29) is 11.7 Å². The molecule has 0 heterocycles. The second-order valence-corrected chi connectivity index (χ2v) is 5.36. The zero-order valence-electron chi connectivity index (χ0n) is 10.9. The SMILES string of the molecule is Fc1cc(C(F)(F)F)ccc1N(CCCCl)C1CCC1. The standard InChI is InChI=1S/C14H16ClF4N/c15-7-2-8-20(11-3-1-4-11)13-6-5-10(9-12(13)16)14(17,18)19/h5-6,9,11H,1-4,7-8H2. The summed E-state index contributed by atoms with van der Waals surface area (Å²) in [5.74, 6) is -0.368. The second-order valence-electron chi connectivity index (χ2n) is 4.98. The van der Waals surface area contributed by atoms with Gasteiger partial charge in [-0.1, -0.05) is 0 Å². The van der Waals surface area contributed by atoms with E-state index >= 15 is 0 Å². The molecular formula is C14H16ClF4N. The number of alkyl halides is 4. The highest BCUT2D eigenvalue weighted by Gasteiger charge is 2.32. The molecule has 2 rings (SSSR count). The van der Waals surface area contributed by atoms with Crippen molar-refractivity contribution in [3.63, 3.8) is 0 Å². The fourth-order valence-corrected chi connectivity index (χ4v) is 2.46. The topological polar surface area (TPSA) is 3.24 Å². The molecule has 1 aromatic rings. The van der Waals surface area contributed by atoms with Crippen molar-refractivity contribution in [1.82, 2.24) is 0 Å². The second kappa shape index (κ2) is 6.20. The fraction of sp³-hybridized carbons (Fsp3) is 0.571. The Morgan fingerprint density at radius 3 is 2.40 bits per heavy atom. The summed E-state index contributed by atoms with van der Waals surface area (Å²) in [4.78, 5) is 1.85. The highest BCUT2D eigenvalue weighted by atomic mass is 35.5. The number of hydrogen-bond donors (Lipinski definition) is 0. The summed E-state index contributed by atoms with van der Waals surface area (Å²) in [6, 6.07) is 2.95. The van der Waals surface area contributed by atoms with Crippen LogP contribution < -0.4 is 4.90 Å². The molecule has 0 N–H and O–H groups in total. The minimum Gasteiger partial charge on any atom is -0.366 e. The maximum atomic E-state index is 14.0. The highest BCUT2D eigenvalue weighted by molar-refractivity contribution is 6.17. The number of nitrogens with zero attached hydrogens (tertiary/aromatic N) is 1. The summed E-state index contributed by atoms with van der Waals surface area (Å²) in [7, 11) is 0. The molecular weight excluding hydrogens is 294 g/mol. The Bertz CT molecular complexity index is 457. The number of benzene rings is 1. The Morgan fingerprint density at radius 1 is 1.25 bits per heavy atom. The molecule has 0 aromatic heterocycles. The first-order chi connectivity index (χ1) is 9.43. The van der Waals surface area contributed by atoms with Crippen LogP contribution in [0.1, 0.15) is 31.2 Å². The lowest BCUT2D eigenvalue weighted by Gasteiger charge is -2.39. The molecule has 0 bridgehead atoms. The van der Waals surface area contributed by atoms with Crippen molar-refractivity contribution in [3.8, 4) is 0 Å². The van der Waals surface area contributed by atoms with Gasteiger partial charge in [0.15, 0.2) is 0 Å². The van der Waals surface area contributed by atoms with Crippen molar-refractivity contribution in [2.24, 2.45) is 0 Å². The first kappa shape index (κ1) is 15.4. The summed E-state index contributed by atoms with van der Waals surface area (Å²) < 4.78 is 51.6. The van der Waals surface area contributed by atoms with Crippen molar-refractivity contribution < 1.29 is 17.6 Å². The van der Waals surface area contributed by atoms with Gasteiger partial charge in [-0.05, 0) is 43.9 Å². The van der Waals surface area contributed by atoms with Crippen LogP contribution in [0.5, 0.6) is 0 Å². The lowest BCUT2D eigenvalue weighted by Crippen LogP contribution is -2.41. The Balaban J connectivity index is 2.24. The summed E-state index contributed by atoms with van der Waals surface area (Å²) in [5, 5.41) is 0. The van der Waals surface area contributed by atoms with Gasteiger partial charge < -0.3 is 4.90 Å². The lowest BCUT2D eigenvalue weighted by atomic mass is 9.90. The minimum absolute atomic E-state index is 0.212. The van der Waals surface area contributed by atoms with Gasteiger partial charge in [-0.15, -0.1) is 11.6 Å². The quantitative estimate of drug-likeness (QED) is 0.556. The highest BCUT2D eigenvalue weighted by Crippen LogP contribution is 2.35. The van der Waals surface area contributed by atoms with Gasteiger partial charge in [0.2, 0.25) is 0 Å². The lowest BCUT2D eigenvalue weighted by molar-refractivity contribution is -0.137. The third-order valence-electron chi connectivity index (χ3n) is 3.63. The van der Waals surface area contributed by atoms with Gasteiger partial charge in [0, 0.05) is 18.5 Å². The average Bonchev–Trinajstić information content (AvgIpc) is 2.31. The van der Waals surface area contributed by atoms with E-state index in [1.165, 1.54) is 6.07 Å². The van der Waals surface area contributed by atoms with E-state index in [0.717, 1.165) is 25.3 Å². The molecule has 0 atom stereocenters. The molecule has 1 nitrogen and oxygen atoms in total. The number of rotatable bonds is 5. The smallest absolute Gasteiger partial charge is 0.366 e. The largest absolute Gasteiger partial charge is 0.416 e. The van der Waals surface area contributed by atoms with E-state index in [4.69, 9.17) is 11.6 Å². The van der Waals surface area contributed by atoms with Crippen LogP contribution in [-0.2, 0) is 6.18 Å². The van der Waals surface area contributed by atoms with E-state index in [2.05, 4.69) is 0 Å². The van der Waals surface area contributed by atoms with Crippen LogP contribution >= 0.6 is 11.6 Å². The predicted molar refractivity (Wildman–Crippen MR) is 71.7 cm³/mol. The van der Waals surface area contributed by atoms with Gasteiger partial charge in [0.05, 0.1) is 11.3 Å². The van der Waals surface area contributed by atoms with Crippen molar-refractivity contribution in [3.05, 3.63) is 29.6 Å². The molecule has 1 aliphatic rings. The zero-order valence-corrected chi connectivity index (χ0v) is 11.6. The molecule has 0 aliphatic heterocycles. The van der Waals surface area contributed by atoms with E-state index in [1.54, 1.807) is 0 Å². The number of hydrogen-bond acceptors (Lipinski definition) is 1. The van der Waals surface area contributed by atoms with Crippen molar-refractivity contribution in [2.75, 3.05) is 17.3 Å². The molecule has 20 heavy (non-hydrogen) atoms. The number of anilines is 1. The van der Waals surface area contributed by atoms with Gasteiger partial charge in [-0.2, -0.15) is 13.2 Å². The molecule has 6 heteroatoms. The van der Waals surface area contributed by atoms with Crippen molar-refractivity contribution in [1.29, 1.82) is 0 Å². The molecule has 0 amide bonds. The number of halogens is 5. The fourth-order valence-electron chi connectivity index (χ4n) is 2.34. The molecule has 112 valence electrons. The van der Waals surface area contributed by atoms with Gasteiger partial charge in [0.1, 0.15) is 5.82 Å². The van der Waals surface area contributed by atoms with E-state index in [1.807, 2.05) is 4.90 Å². The zero-order chi connectivity index (χ0) is 14.8. The van der Waals surface area contributed by atoms with Crippen LogP contribution in [0.3, 0.4) is 0 Å². The van der Waals surface area contributed by atoms with E-state index < -0.39 is 17.6 Å². The van der Waals surface area contributed by atoms with Crippen LogP contribution in [0, 0.1) is 5.82 Å². The van der Waals surface area contributed by atoms with E-state index in [0.29, 0.717) is 24.9 Å². The maximum absolute atomic E-state index is 14.0. The Hall–Kier alpha value is -0.970. The van der Waals surface area contributed by atoms with E-state index in [9.17, 15) is 17.6 Å². The summed E-state index contributed by atoms with van der Waals surface area (Å²) >= 11 is 5.65. The Labute approximate surface area is 120 Å². The predicted octanol–water partition coefficient (Wildman–Crippen LogP) is 4.83. The van der Waals surface area contributed by atoms with Gasteiger partial charge >= 0.3 is 6.18 Å². The van der Waals surface area contributed by atoms with Gasteiger partial charge in [0.25, 0.3) is 0 Å². The molecule has 0 unspecified atom stereocenters. The van der Waals surface area contributed by atoms with Gasteiger partial charge in [-0.3, -0.25) is 0 Å². The Kier molecular flexibility index (Phi) is 4.78. The molecule has 0 radical (unpaired) electrons. The molecule has 1 aromatic carbocycles. The molecule has 1 saturated carbocycles. The van der Waals surface area contributed by atoms with Crippen molar-refractivity contribution in [2.45, 2.75) is 37.9 Å². The first-order valence-corrected chi connectivity index (χ1v) is 7.16. The third kappa shape index (κ3) is 3.37. The van der Waals surface area contributed by atoms with Crippen LogP contribution in [0.15, 0.2) is 18.2 Å². The van der Waals surface area contributed by atoms with Crippen LogP contribution in [0.2, 0.25) is 0 Å². The average molecular weight is 310 g/mol. The maximum Gasteiger partial charge on any atom is 0.416 e. The normalized spacial score (nSPS) is 16.1. The molecule has 1 aliphatic carbocycles. The van der Waals surface area contributed by atoms with Gasteiger partial charge in [-0.25, -0.2) is 4.39 Å². The van der Waals surface area contributed by atoms with Crippen LogP contribution in [-0.4, -0.2) is 18.5 Å².